The minimum atomic E-state index is 0.771. The summed E-state index contributed by atoms with van der Waals surface area (Å²) in [5, 5.41) is 0.771. The van der Waals surface area contributed by atoms with Crippen molar-refractivity contribution in [2.75, 3.05) is 19.6 Å². The van der Waals surface area contributed by atoms with E-state index in [2.05, 4.69) is 28.3 Å². The summed E-state index contributed by atoms with van der Waals surface area (Å²) in [7, 11) is 0. The molecule has 0 N–H and O–H groups in total. The Morgan fingerprint density at radius 2 is 2.06 bits per heavy atom. The Labute approximate surface area is 113 Å². The van der Waals surface area contributed by atoms with Crippen LogP contribution in [0, 0.1) is 0 Å². The van der Waals surface area contributed by atoms with Gasteiger partial charge in [-0.05, 0) is 44.3 Å². The Kier molecular flexibility index (Phi) is 4.61. The molecule has 1 aromatic heterocycles. The molecule has 0 fully saturated rings. The third kappa shape index (κ3) is 3.03. The predicted octanol–water partition coefficient (Wildman–Crippen LogP) is 3.42. The number of fused-ring (bicyclic) bond motifs is 1. The molecule has 2 rings (SSSR count). The van der Waals surface area contributed by atoms with E-state index in [1.165, 1.54) is 0 Å². The molecule has 0 saturated carbocycles. The van der Waals surface area contributed by atoms with E-state index in [-0.39, 0.29) is 0 Å². The molecule has 0 saturated heterocycles. The van der Waals surface area contributed by atoms with Crippen LogP contribution in [-0.2, 0) is 6.54 Å². The maximum Gasteiger partial charge on any atom is 0.0958 e. The average molecular weight is 266 g/mol. The topological polar surface area (TPSA) is 21.1 Å². The van der Waals surface area contributed by atoms with Gasteiger partial charge in [0.05, 0.1) is 17.4 Å². The molecule has 0 aliphatic heterocycles. The van der Waals surface area contributed by atoms with Gasteiger partial charge >= 0.3 is 0 Å². The van der Waals surface area contributed by atoms with Gasteiger partial charge in [-0.1, -0.05) is 25.4 Å². The monoisotopic (exact) mass is 265 g/mol. The highest BCUT2D eigenvalue weighted by molar-refractivity contribution is 6.31. The van der Waals surface area contributed by atoms with Crippen LogP contribution < -0.4 is 0 Å². The Bertz CT molecular complexity index is 503. The zero-order valence-corrected chi connectivity index (χ0v) is 11.8. The highest BCUT2D eigenvalue weighted by Crippen LogP contribution is 2.18. The third-order valence-electron chi connectivity index (χ3n) is 3.35. The van der Waals surface area contributed by atoms with Crippen LogP contribution in [-0.4, -0.2) is 34.1 Å². The van der Waals surface area contributed by atoms with Crippen LogP contribution in [0.1, 0.15) is 20.3 Å². The number of aromatic nitrogens is 2. The molecule has 0 atom stereocenters. The summed E-state index contributed by atoms with van der Waals surface area (Å²) >= 11 is 6.03. The molecule has 18 heavy (non-hydrogen) atoms. The molecule has 0 aliphatic rings. The number of imidazole rings is 1. The molecule has 0 unspecified atom stereocenters. The lowest BCUT2D eigenvalue weighted by Gasteiger charge is -2.17. The van der Waals surface area contributed by atoms with E-state index in [0.717, 1.165) is 48.7 Å². The summed E-state index contributed by atoms with van der Waals surface area (Å²) in [5.41, 5.74) is 2.14. The zero-order chi connectivity index (χ0) is 13.0. The van der Waals surface area contributed by atoms with Gasteiger partial charge < -0.3 is 9.47 Å². The first-order chi connectivity index (χ1) is 8.74. The van der Waals surface area contributed by atoms with Crippen molar-refractivity contribution in [2.24, 2.45) is 0 Å². The molecule has 3 nitrogen and oxygen atoms in total. The van der Waals surface area contributed by atoms with Crippen LogP contribution >= 0.6 is 11.6 Å². The Morgan fingerprint density at radius 1 is 1.28 bits per heavy atom. The van der Waals surface area contributed by atoms with E-state index in [9.17, 15) is 0 Å². The number of aryl methyl sites for hydroxylation is 1. The Hall–Kier alpha value is -1.06. The molecular formula is C14H20ClN3. The van der Waals surface area contributed by atoms with Crippen molar-refractivity contribution in [3.05, 3.63) is 29.5 Å². The van der Waals surface area contributed by atoms with Gasteiger partial charge in [0.25, 0.3) is 0 Å². The second-order valence-electron chi connectivity index (χ2n) is 4.45. The van der Waals surface area contributed by atoms with Gasteiger partial charge in [-0.3, -0.25) is 0 Å². The van der Waals surface area contributed by atoms with Gasteiger partial charge in [0.2, 0.25) is 0 Å². The van der Waals surface area contributed by atoms with Crippen molar-refractivity contribution in [3.8, 4) is 0 Å². The lowest BCUT2D eigenvalue weighted by Crippen LogP contribution is -2.24. The van der Waals surface area contributed by atoms with Crippen LogP contribution in [0.2, 0.25) is 5.02 Å². The predicted molar refractivity (Wildman–Crippen MR) is 77.1 cm³/mol. The molecule has 1 aromatic carbocycles. The van der Waals surface area contributed by atoms with Crippen molar-refractivity contribution in [1.82, 2.24) is 14.5 Å². The first-order valence-corrected chi connectivity index (χ1v) is 6.95. The Balaban J connectivity index is 2.01. The van der Waals surface area contributed by atoms with Crippen LogP contribution in [0.4, 0.5) is 0 Å². The van der Waals surface area contributed by atoms with E-state index < -0.39 is 0 Å². The number of rotatable bonds is 6. The summed E-state index contributed by atoms with van der Waals surface area (Å²) in [6.45, 7) is 8.77. The second-order valence-corrected chi connectivity index (χ2v) is 4.89. The van der Waals surface area contributed by atoms with Crippen molar-refractivity contribution in [1.29, 1.82) is 0 Å². The van der Waals surface area contributed by atoms with Gasteiger partial charge in [0, 0.05) is 11.6 Å². The van der Waals surface area contributed by atoms with Gasteiger partial charge in [-0.15, -0.1) is 0 Å². The number of halogens is 1. The number of benzene rings is 1. The molecule has 2 aromatic rings. The van der Waals surface area contributed by atoms with E-state index in [4.69, 9.17) is 11.6 Å². The molecule has 1 heterocycles. The van der Waals surface area contributed by atoms with Gasteiger partial charge in [0.1, 0.15) is 0 Å². The maximum absolute atomic E-state index is 6.03. The van der Waals surface area contributed by atoms with Crippen LogP contribution in [0.3, 0.4) is 0 Å². The lowest BCUT2D eigenvalue weighted by atomic mass is 10.3. The quantitative estimate of drug-likeness (QED) is 0.798. The third-order valence-corrected chi connectivity index (χ3v) is 3.59. The van der Waals surface area contributed by atoms with E-state index in [0.29, 0.717) is 0 Å². The van der Waals surface area contributed by atoms with E-state index >= 15 is 0 Å². The van der Waals surface area contributed by atoms with Gasteiger partial charge in [0.15, 0.2) is 0 Å². The van der Waals surface area contributed by atoms with E-state index in [1.807, 2.05) is 24.5 Å². The van der Waals surface area contributed by atoms with Crippen LogP contribution in [0.15, 0.2) is 24.5 Å². The normalized spacial score (nSPS) is 11.6. The maximum atomic E-state index is 6.03. The molecular weight excluding hydrogens is 246 g/mol. The van der Waals surface area contributed by atoms with Gasteiger partial charge in [-0.2, -0.15) is 0 Å². The number of hydrogen-bond acceptors (Lipinski definition) is 2. The lowest BCUT2D eigenvalue weighted by molar-refractivity contribution is 0.294. The standard InChI is InChI=1S/C14H20ClN3/c1-3-17(4-2)8-5-9-18-11-16-13-7-6-12(15)10-14(13)18/h6-7,10-11H,3-5,8-9H2,1-2H3. The van der Waals surface area contributed by atoms with Crippen molar-refractivity contribution < 1.29 is 0 Å². The van der Waals surface area contributed by atoms with Crippen LogP contribution in [0.5, 0.6) is 0 Å². The van der Waals surface area contributed by atoms with E-state index in [1.54, 1.807) is 0 Å². The number of nitrogens with zero attached hydrogens (tertiary/aromatic N) is 3. The molecule has 98 valence electrons. The summed E-state index contributed by atoms with van der Waals surface area (Å²) in [6.07, 6.45) is 3.04. The fraction of sp³-hybridized carbons (Fsp3) is 0.500. The zero-order valence-electron chi connectivity index (χ0n) is 11.1. The molecule has 0 bridgehead atoms. The van der Waals surface area contributed by atoms with Crippen molar-refractivity contribution in [2.45, 2.75) is 26.8 Å². The smallest absolute Gasteiger partial charge is 0.0958 e. The van der Waals surface area contributed by atoms with Crippen LogP contribution in [0.25, 0.3) is 11.0 Å². The molecule has 0 radical (unpaired) electrons. The van der Waals surface area contributed by atoms with Gasteiger partial charge in [-0.25, -0.2) is 4.98 Å². The SMILES string of the molecule is CCN(CC)CCCn1cnc2ccc(Cl)cc21. The first-order valence-electron chi connectivity index (χ1n) is 6.57. The second kappa shape index (κ2) is 6.21. The van der Waals surface area contributed by atoms with Crippen molar-refractivity contribution >= 4 is 22.6 Å². The molecule has 4 heteroatoms. The number of hydrogen-bond donors (Lipinski definition) is 0. The molecule has 0 amide bonds. The highest BCUT2D eigenvalue weighted by Gasteiger charge is 2.04. The highest BCUT2D eigenvalue weighted by atomic mass is 35.5. The fourth-order valence-electron chi connectivity index (χ4n) is 2.21. The average Bonchev–Trinajstić information content (AvgIpc) is 2.77. The largest absolute Gasteiger partial charge is 0.331 e. The minimum absolute atomic E-state index is 0.771. The Morgan fingerprint density at radius 3 is 2.78 bits per heavy atom. The fourth-order valence-corrected chi connectivity index (χ4v) is 2.38. The molecule has 0 aliphatic carbocycles. The minimum Gasteiger partial charge on any atom is -0.331 e. The summed E-state index contributed by atoms with van der Waals surface area (Å²) in [4.78, 5) is 6.83. The summed E-state index contributed by atoms with van der Waals surface area (Å²) in [6, 6.07) is 5.84. The first kappa shape index (κ1) is 13.4. The molecule has 0 spiro atoms. The summed E-state index contributed by atoms with van der Waals surface area (Å²) in [5.74, 6) is 0. The van der Waals surface area contributed by atoms with Crippen molar-refractivity contribution in [3.63, 3.8) is 0 Å². The summed E-state index contributed by atoms with van der Waals surface area (Å²) < 4.78 is 2.19.